The molecule has 1 atom stereocenters. The maximum atomic E-state index is 11.0. The normalized spacial score (nSPS) is 12.9. The first kappa shape index (κ1) is 15.3. The molecular formula is C14H21NO4. The number of carbonyl (C=O) groups is 1. The summed E-state index contributed by atoms with van der Waals surface area (Å²) in [5.41, 5.74) is 6.27. The minimum absolute atomic E-state index is 0.0288. The van der Waals surface area contributed by atoms with E-state index in [9.17, 15) is 4.79 Å². The number of benzene rings is 1. The number of nitrogens with two attached hydrogens (primary N) is 1. The van der Waals surface area contributed by atoms with Gasteiger partial charge in [0.05, 0.1) is 20.6 Å². The molecule has 0 bridgehead atoms. The largest absolute Gasteiger partial charge is 0.493 e. The molecule has 1 aromatic carbocycles. The molecule has 0 aromatic heterocycles. The molecule has 0 aliphatic carbocycles. The molecule has 1 rings (SSSR count). The molecule has 0 heterocycles. The van der Waals surface area contributed by atoms with Crippen molar-refractivity contribution in [3.8, 4) is 11.5 Å². The Bertz CT molecular complexity index is 451. The summed E-state index contributed by atoms with van der Waals surface area (Å²) in [5.74, 6) is -0.00194. The van der Waals surface area contributed by atoms with Gasteiger partial charge in [-0.3, -0.25) is 4.79 Å². The third kappa shape index (κ3) is 3.86. The zero-order valence-corrected chi connectivity index (χ0v) is 11.8. The van der Waals surface area contributed by atoms with Crippen LogP contribution in [-0.4, -0.2) is 30.8 Å². The van der Waals surface area contributed by atoms with Crippen molar-refractivity contribution in [2.24, 2.45) is 5.73 Å². The number of aliphatic carboxylic acids is 1. The van der Waals surface area contributed by atoms with Crippen LogP contribution in [0.25, 0.3) is 0 Å². The minimum Gasteiger partial charge on any atom is -0.493 e. The third-order valence-electron chi connectivity index (χ3n) is 3.09. The molecule has 5 heteroatoms. The summed E-state index contributed by atoms with van der Waals surface area (Å²) in [6.07, 6.45) is -0.0288. The van der Waals surface area contributed by atoms with Crippen molar-refractivity contribution in [2.75, 3.05) is 14.2 Å². The molecule has 5 nitrogen and oxygen atoms in total. The maximum Gasteiger partial charge on any atom is 0.304 e. The fourth-order valence-corrected chi connectivity index (χ4v) is 2.05. The van der Waals surface area contributed by atoms with Crippen LogP contribution in [0, 0.1) is 0 Å². The fourth-order valence-electron chi connectivity index (χ4n) is 2.05. The molecule has 0 fully saturated rings. The first-order chi connectivity index (χ1) is 8.79. The van der Waals surface area contributed by atoms with E-state index in [-0.39, 0.29) is 12.3 Å². The fraction of sp³-hybridized carbons (Fsp3) is 0.500. The van der Waals surface area contributed by atoms with Gasteiger partial charge < -0.3 is 20.3 Å². The van der Waals surface area contributed by atoms with Crippen molar-refractivity contribution in [3.63, 3.8) is 0 Å². The quantitative estimate of drug-likeness (QED) is 0.823. The highest BCUT2D eigenvalue weighted by Gasteiger charge is 2.29. The molecule has 0 aliphatic heterocycles. The first-order valence-corrected chi connectivity index (χ1v) is 6.02. The van der Waals surface area contributed by atoms with Gasteiger partial charge in [-0.15, -0.1) is 0 Å². The van der Waals surface area contributed by atoms with E-state index in [1.807, 2.05) is 19.9 Å². The zero-order chi connectivity index (χ0) is 14.6. The molecule has 1 aromatic rings. The van der Waals surface area contributed by atoms with Crippen LogP contribution in [0.5, 0.6) is 11.5 Å². The van der Waals surface area contributed by atoms with Gasteiger partial charge in [-0.25, -0.2) is 0 Å². The summed E-state index contributed by atoms with van der Waals surface area (Å²) in [6, 6.07) is 5.36. The lowest BCUT2D eigenvalue weighted by Crippen LogP contribution is -2.40. The molecule has 1 unspecified atom stereocenters. The van der Waals surface area contributed by atoms with Crippen LogP contribution in [0.1, 0.15) is 31.7 Å². The van der Waals surface area contributed by atoms with Crippen LogP contribution < -0.4 is 15.2 Å². The molecule has 3 N–H and O–H groups in total. The van der Waals surface area contributed by atoms with E-state index in [0.717, 1.165) is 5.56 Å². The Morgan fingerprint density at radius 1 is 1.32 bits per heavy atom. The lowest BCUT2D eigenvalue weighted by molar-refractivity contribution is -0.137. The number of rotatable bonds is 6. The predicted molar refractivity (Wildman–Crippen MR) is 72.8 cm³/mol. The van der Waals surface area contributed by atoms with Crippen LogP contribution in [0.15, 0.2) is 18.2 Å². The molecule has 106 valence electrons. The Kier molecular flexibility index (Phi) is 4.78. The Morgan fingerprint density at radius 2 is 1.89 bits per heavy atom. The highest BCUT2D eigenvalue weighted by Crippen LogP contribution is 2.35. The molecule has 0 aliphatic rings. The summed E-state index contributed by atoms with van der Waals surface area (Å²) in [7, 11) is 3.10. The third-order valence-corrected chi connectivity index (χ3v) is 3.09. The molecule has 0 saturated carbocycles. The highest BCUT2D eigenvalue weighted by atomic mass is 16.5. The van der Waals surface area contributed by atoms with Gasteiger partial charge in [0, 0.05) is 11.5 Å². The van der Waals surface area contributed by atoms with Gasteiger partial charge in [0.15, 0.2) is 11.5 Å². The van der Waals surface area contributed by atoms with Crippen LogP contribution in [0.3, 0.4) is 0 Å². The second-order valence-electron chi connectivity index (χ2n) is 5.09. The second-order valence-corrected chi connectivity index (χ2v) is 5.09. The average Bonchev–Trinajstić information content (AvgIpc) is 2.33. The van der Waals surface area contributed by atoms with Gasteiger partial charge >= 0.3 is 5.97 Å². The molecule has 0 saturated heterocycles. The molecule has 19 heavy (non-hydrogen) atoms. The van der Waals surface area contributed by atoms with E-state index in [1.54, 1.807) is 26.4 Å². The average molecular weight is 267 g/mol. The van der Waals surface area contributed by atoms with Crippen molar-refractivity contribution in [1.29, 1.82) is 0 Å². The van der Waals surface area contributed by atoms with Crippen molar-refractivity contribution < 1.29 is 19.4 Å². The van der Waals surface area contributed by atoms with E-state index in [2.05, 4.69) is 0 Å². The van der Waals surface area contributed by atoms with Gasteiger partial charge in [0.2, 0.25) is 0 Å². The van der Waals surface area contributed by atoms with Gasteiger partial charge in [0.1, 0.15) is 0 Å². The van der Waals surface area contributed by atoms with E-state index >= 15 is 0 Å². The molecular weight excluding hydrogens is 246 g/mol. The van der Waals surface area contributed by atoms with Gasteiger partial charge in [-0.1, -0.05) is 6.07 Å². The summed E-state index contributed by atoms with van der Waals surface area (Å²) in [4.78, 5) is 11.0. The van der Waals surface area contributed by atoms with E-state index in [0.29, 0.717) is 11.5 Å². The van der Waals surface area contributed by atoms with Crippen LogP contribution in [0.2, 0.25) is 0 Å². The molecule has 0 spiro atoms. The van der Waals surface area contributed by atoms with Crippen molar-refractivity contribution in [3.05, 3.63) is 23.8 Å². The van der Waals surface area contributed by atoms with E-state index in [1.165, 1.54) is 0 Å². The Hall–Kier alpha value is -1.75. The predicted octanol–water partition coefficient (Wildman–Crippen LogP) is 2.00. The monoisotopic (exact) mass is 267 g/mol. The van der Waals surface area contributed by atoms with Gasteiger partial charge in [0.25, 0.3) is 0 Å². The Balaban J connectivity index is 3.19. The molecule has 0 amide bonds. The number of methoxy groups -OCH3 is 2. The van der Waals surface area contributed by atoms with Gasteiger partial charge in [-0.2, -0.15) is 0 Å². The Labute approximate surface area is 113 Å². The SMILES string of the molecule is COc1ccc(C(CC(=O)O)C(C)(C)N)cc1OC. The number of ether oxygens (including phenoxy) is 2. The number of carboxylic acid groups (broad SMARTS) is 1. The Morgan fingerprint density at radius 3 is 2.32 bits per heavy atom. The van der Waals surface area contributed by atoms with Crippen LogP contribution in [-0.2, 0) is 4.79 Å². The van der Waals surface area contributed by atoms with Gasteiger partial charge in [-0.05, 0) is 31.5 Å². The minimum atomic E-state index is -0.877. The highest BCUT2D eigenvalue weighted by molar-refractivity contribution is 5.68. The first-order valence-electron chi connectivity index (χ1n) is 6.02. The van der Waals surface area contributed by atoms with Crippen molar-refractivity contribution in [2.45, 2.75) is 31.7 Å². The topological polar surface area (TPSA) is 81.8 Å². The summed E-state index contributed by atoms with van der Waals surface area (Å²) < 4.78 is 10.4. The van der Waals surface area contributed by atoms with Crippen LogP contribution >= 0.6 is 0 Å². The lowest BCUT2D eigenvalue weighted by Gasteiger charge is -2.30. The van der Waals surface area contributed by atoms with Crippen LogP contribution in [0.4, 0.5) is 0 Å². The summed E-state index contributed by atoms with van der Waals surface area (Å²) in [5, 5.41) is 9.02. The van der Waals surface area contributed by atoms with E-state index < -0.39 is 11.5 Å². The van der Waals surface area contributed by atoms with Crippen molar-refractivity contribution >= 4 is 5.97 Å². The standard InChI is InChI=1S/C14H21NO4/c1-14(2,15)10(8-13(16)17)9-5-6-11(18-3)12(7-9)19-4/h5-7,10H,8,15H2,1-4H3,(H,16,17). The number of carboxylic acids is 1. The number of hydrogen-bond donors (Lipinski definition) is 2. The second kappa shape index (κ2) is 5.93. The van der Waals surface area contributed by atoms with E-state index in [4.69, 9.17) is 20.3 Å². The maximum absolute atomic E-state index is 11.0. The van der Waals surface area contributed by atoms with Crippen molar-refractivity contribution in [1.82, 2.24) is 0 Å². The lowest BCUT2D eigenvalue weighted by atomic mass is 9.80. The zero-order valence-electron chi connectivity index (χ0n) is 11.8. The summed E-state index contributed by atoms with van der Waals surface area (Å²) in [6.45, 7) is 3.63. The summed E-state index contributed by atoms with van der Waals surface area (Å²) >= 11 is 0. The number of hydrogen-bond acceptors (Lipinski definition) is 4. The smallest absolute Gasteiger partial charge is 0.304 e. The molecule has 0 radical (unpaired) electrons.